The van der Waals surface area contributed by atoms with Crippen LogP contribution < -0.4 is 4.72 Å². The van der Waals surface area contributed by atoms with Gasteiger partial charge in [0.25, 0.3) is 0 Å². The zero-order valence-corrected chi connectivity index (χ0v) is 12.6. The maximum Gasteiger partial charge on any atom is 0.337 e. The van der Waals surface area contributed by atoms with E-state index in [1.165, 1.54) is 6.20 Å². The number of sulfonamides is 1. The van der Waals surface area contributed by atoms with E-state index in [9.17, 15) is 13.2 Å². The lowest BCUT2D eigenvalue weighted by Crippen LogP contribution is -2.24. The highest BCUT2D eigenvalue weighted by atomic mass is 35.5. The summed E-state index contributed by atoms with van der Waals surface area (Å²) in [6.07, 6.45) is 3.01. The van der Waals surface area contributed by atoms with Crippen LogP contribution in [0, 0.1) is 0 Å². The van der Waals surface area contributed by atoms with E-state index in [1.54, 1.807) is 6.20 Å². The van der Waals surface area contributed by atoms with Crippen LogP contribution in [0.25, 0.3) is 0 Å². The largest absolute Gasteiger partial charge is 0.478 e. The number of aromatic amines is 1. The zero-order valence-electron chi connectivity index (χ0n) is 10.3. The van der Waals surface area contributed by atoms with Crippen LogP contribution in [0.5, 0.6) is 0 Å². The average Bonchev–Trinajstić information content (AvgIpc) is 2.91. The van der Waals surface area contributed by atoms with Gasteiger partial charge in [0.05, 0.1) is 17.1 Å². The minimum Gasteiger partial charge on any atom is -0.478 e. The SMILES string of the molecule is O=C(O)c1cc(Cl)cc(S(=O)(=O)NCc2ncc[nH]2)c1Cl. The molecule has 1 aromatic carbocycles. The number of imidazole rings is 1. The quantitative estimate of drug-likeness (QED) is 0.762. The molecule has 112 valence electrons. The molecule has 10 heteroatoms. The number of benzene rings is 1. The predicted octanol–water partition coefficient (Wildman–Crippen LogP) is 1.89. The fourth-order valence-corrected chi connectivity index (χ4v) is 3.44. The first-order valence-electron chi connectivity index (χ1n) is 5.51. The number of nitrogens with zero attached hydrogens (tertiary/aromatic N) is 1. The van der Waals surface area contributed by atoms with E-state index in [4.69, 9.17) is 28.3 Å². The Labute approximate surface area is 130 Å². The number of H-pyrrole nitrogens is 1. The van der Waals surface area contributed by atoms with Crippen molar-refractivity contribution in [3.05, 3.63) is 46.0 Å². The summed E-state index contributed by atoms with van der Waals surface area (Å²) in [6, 6.07) is 2.17. The molecule has 0 saturated carbocycles. The van der Waals surface area contributed by atoms with Crippen molar-refractivity contribution < 1.29 is 18.3 Å². The number of carboxylic acid groups (broad SMARTS) is 1. The van der Waals surface area contributed by atoms with Crippen LogP contribution in [0.15, 0.2) is 29.4 Å². The molecule has 0 amide bonds. The van der Waals surface area contributed by atoms with Crippen LogP contribution >= 0.6 is 23.2 Å². The third-order valence-electron chi connectivity index (χ3n) is 2.51. The van der Waals surface area contributed by atoms with E-state index >= 15 is 0 Å². The number of rotatable bonds is 5. The highest BCUT2D eigenvalue weighted by Gasteiger charge is 2.23. The lowest BCUT2D eigenvalue weighted by atomic mass is 10.2. The summed E-state index contributed by atoms with van der Waals surface area (Å²) in [5, 5.41) is 8.54. The Balaban J connectivity index is 2.37. The van der Waals surface area contributed by atoms with Crippen molar-refractivity contribution in [2.75, 3.05) is 0 Å². The highest BCUT2D eigenvalue weighted by Crippen LogP contribution is 2.29. The Bertz CT molecular complexity index is 775. The van der Waals surface area contributed by atoms with Crippen LogP contribution in [-0.2, 0) is 16.6 Å². The third-order valence-corrected chi connectivity index (χ3v) is 4.67. The van der Waals surface area contributed by atoms with Gasteiger partial charge in [-0.2, -0.15) is 0 Å². The van der Waals surface area contributed by atoms with Gasteiger partial charge < -0.3 is 10.1 Å². The van der Waals surface area contributed by atoms with Crippen molar-refractivity contribution >= 4 is 39.2 Å². The second-order valence-electron chi connectivity index (χ2n) is 3.93. The van der Waals surface area contributed by atoms with Crippen LogP contribution in [0.4, 0.5) is 0 Å². The van der Waals surface area contributed by atoms with E-state index in [-0.39, 0.29) is 17.1 Å². The predicted molar refractivity (Wildman–Crippen MR) is 76.0 cm³/mol. The number of halogens is 2. The Morgan fingerprint density at radius 1 is 1.38 bits per heavy atom. The number of aromatic nitrogens is 2. The van der Waals surface area contributed by atoms with Gasteiger partial charge in [0.15, 0.2) is 0 Å². The first kappa shape index (κ1) is 15.8. The van der Waals surface area contributed by atoms with Crippen LogP contribution in [0.1, 0.15) is 16.2 Å². The van der Waals surface area contributed by atoms with Gasteiger partial charge in [-0.25, -0.2) is 22.9 Å². The van der Waals surface area contributed by atoms with Crippen molar-refractivity contribution in [1.82, 2.24) is 14.7 Å². The molecule has 1 heterocycles. The summed E-state index contributed by atoms with van der Waals surface area (Å²) in [4.78, 5) is 17.2. The van der Waals surface area contributed by atoms with Gasteiger partial charge in [0, 0.05) is 17.4 Å². The molecule has 0 radical (unpaired) electrons. The molecule has 0 aliphatic carbocycles. The number of hydrogen-bond donors (Lipinski definition) is 3. The summed E-state index contributed by atoms with van der Waals surface area (Å²) >= 11 is 11.6. The van der Waals surface area contributed by atoms with Gasteiger partial charge in [-0.15, -0.1) is 0 Å². The first-order chi connectivity index (χ1) is 9.81. The van der Waals surface area contributed by atoms with Crippen LogP contribution in [0.2, 0.25) is 10.0 Å². The van der Waals surface area contributed by atoms with Crippen molar-refractivity contribution in [3.63, 3.8) is 0 Å². The lowest BCUT2D eigenvalue weighted by Gasteiger charge is -2.10. The molecule has 2 rings (SSSR count). The topological polar surface area (TPSA) is 112 Å². The molecule has 2 aromatic rings. The molecule has 0 fully saturated rings. The second kappa shape index (κ2) is 6.02. The molecule has 3 N–H and O–H groups in total. The number of hydrogen-bond acceptors (Lipinski definition) is 4. The number of carbonyl (C=O) groups is 1. The average molecular weight is 350 g/mol. The second-order valence-corrected chi connectivity index (χ2v) is 6.48. The molecule has 7 nitrogen and oxygen atoms in total. The summed E-state index contributed by atoms with van der Waals surface area (Å²) in [5.41, 5.74) is -0.387. The highest BCUT2D eigenvalue weighted by molar-refractivity contribution is 7.89. The minimum atomic E-state index is -4.04. The van der Waals surface area contributed by atoms with Gasteiger partial charge >= 0.3 is 5.97 Å². The number of carboxylic acids is 1. The fourth-order valence-electron chi connectivity index (χ4n) is 1.55. The fraction of sp³-hybridized carbons (Fsp3) is 0.0909. The Morgan fingerprint density at radius 3 is 2.67 bits per heavy atom. The molecule has 0 aliphatic heterocycles. The Kier molecular flexibility index (Phi) is 4.52. The molecule has 0 bridgehead atoms. The van der Waals surface area contributed by atoms with E-state index in [1.807, 2.05) is 0 Å². The van der Waals surface area contributed by atoms with E-state index in [0.717, 1.165) is 12.1 Å². The molecule has 0 unspecified atom stereocenters. The molecule has 0 atom stereocenters. The number of aromatic carboxylic acids is 1. The third kappa shape index (κ3) is 3.53. The molecular formula is C11H9Cl2N3O4S. The Hall–Kier alpha value is -1.61. The Morgan fingerprint density at radius 2 is 2.10 bits per heavy atom. The zero-order chi connectivity index (χ0) is 15.6. The minimum absolute atomic E-state index is 0.0461. The molecular weight excluding hydrogens is 341 g/mol. The van der Waals surface area contributed by atoms with Gasteiger partial charge in [-0.05, 0) is 12.1 Å². The summed E-state index contributed by atoms with van der Waals surface area (Å²) in [6.45, 7) is -0.0966. The molecule has 0 spiro atoms. The summed E-state index contributed by atoms with van der Waals surface area (Å²) < 4.78 is 26.6. The van der Waals surface area contributed by atoms with Gasteiger partial charge in [-0.1, -0.05) is 23.2 Å². The van der Waals surface area contributed by atoms with Gasteiger partial charge in [0.1, 0.15) is 10.7 Å². The first-order valence-corrected chi connectivity index (χ1v) is 7.75. The van der Waals surface area contributed by atoms with Crippen LogP contribution in [-0.4, -0.2) is 29.5 Å². The molecule has 1 aromatic heterocycles. The summed E-state index contributed by atoms with van der Waals surface area (Å²) in [5.74, 6) is -0.972. The normalized spacial score (nSPS) is 11.5. The van der Waals surface area contributed by atoms with Crippen molar-refractivity contribution in [3.8, 4) is 0 Å². The van der Waals surface area contributed by atoms with Crippen molar-refractivity contribution in [2.45, 2.75) is 11.4 Å². The smallest absolute Gasteiger partial charge is 0.337 e. The van der Waals surface area contributed by atoms with Gasteiger partial charge in [-0.3, -0.25) is 0 Å². The van der Waals surface area contributed by atoms with Crippen LogP contribution in [0.3, 0.4) is 0 Å². The lowest BCUT2D eigenvalue weighted by molar-refractivity contribution is 0.0697. The number of nitrogens with one attached hydrogen (secondary N) is 2. The molecule has 0 saturated heterocycles. The van der Waals surface area contributed by atoms with Crippen molar-refractivity contribution in [2.24, 2.45) is 0 Å². The summed E-state index contributed by atoms with van der Waals surface area (Å²) in [7, 11) is -4.04. The van der Waals surface area contributed by atoms with E-state index in [0.29, 0.717) is 5.82 Å². The van der Waals surface area contributed by atoms with E-state index < -0.39 is 25.9 Å². The standard InChI is InChI=1S/C11H9Cl2N3O4S/c12-6-3-7(11(17)18)10(13)8(4-6)21(19,20)16-5-9-14-1-2-15-9/h1-4,16H,5H2,(H,14,15)(H,17,18). The van der Waals surface area contributed by atoms with E-state index in [2.05, 4.69) is 14.7 Å². The molecule has 0 aliphatic rings. The maximum atomic E-state index is 12.2. The van der Waals surface area contributed by atoms with Gasteiger partial charge in [0.2, 0.25) is 10.0 Å². The maximum absolute atomic E-state index is 12.2. The van der Waals surface area contributed by atoms with Crippen molar-refractivity contribution in [1.29, 1.82) is 0 Å². The monoisotopic (exact) mass is 349 g/mol. The molecule has 21 heavy (non-hydrogen) atoms.